The summed E-state index contributed by atoms with van der Waals surface area (Å²) in [5, 5.41) is 0. The zero-order valence-electron chi connectivity index (χ0n) is 10.6. The van der Waals surface area contributed by atoms with E-state index in [1.165, 1.54) is 25.4 Å². The van der Waals surface area contributed by atoms with E-state index in [1.807, 2.05) is 0 Å². The third kappa shape index (κ3) is 3.28. The van der Waals surface area contributed by atoms with E-state index < -0.39 is 17.6 Å². The molecule has 0 atom stereocenters. The molecule has 0 spiro atoms. The van der Waals surface area contributed by atoms with E-state index in [1.54, 1.807) is 6.07 Å². The molecule has 1 aromatic carbocycles. The van der Waals surface area contributed by atoms with Crippen LogP contribution in [0, 0.1) is 11.6 Å². The van der Waals surface area contributed by atoms with Crippen LogP contribution in [0.1, 0.15) is 16.1 Å². The SMILES string of the molecule is COC(=O)c1ccc(COc2ccc(F)cc2F)nc1. The van der Waals surface area contributed by atoms with Crippen LogP contribution in [0.15, 0.2) is 36.5 Å². The van der Waals surface area contributed by atoms with Gasteiger partial charge in [-0.3, -0.25) is 4.98 Å². The molecule has 0 aliphatic carbocycles. The van der Waals surface area contributed by atoms with Crippen LogP contribution in [0.2, 0.25) is 0 Å². The molecule has 1 aromatic heterocycles. The lowest BCUT2D eigenvalue weighted by molar-refractivity contribution is 0.0600. The lowest BCUT2D eigenvalue weighted by Crippen LogP contribution is -2.04. The number of carbonyl (C=O) groups excluding carboxylic acids is 1. The van der Waals surface area contributed by atoms with E-state index in [0.717, 1.165) is 12.1 Å². The van der Waals surface area contributed by atoms with Crippen molar-refractivity contribution in [3.63, 3.8) is 0 Å². The number of hydrogen-bond acceptors (Lipinski definition) is 4. The molecule has 6 heteroatoms. The van der Waals surface area contributed by atoms with Crippen LogP contribution in [0.5, 0.6) is 5.75 Å². The van der Waals surface area contributed by atoms with Gasteiger partial charge in [0.05, 0.1) is 18.4 Å². The van der Waals surface area contributed by atoms with Crippen molar-refractivity contribution in [1.82, 2.24) is 4.98 Å². The molecule has 1 heterocycles. The molecule has 0 aliphatic rings. The molecular weight excluding hydrogens is 268 g/mol. The summed E-state index contributed by atoms with van der Waals surface area (Å²) in [4.78, 5) is 15.2. The molecule has 0 unspecified atom stereocenters. The molecule has 0 bridgehead atoms. The highest BCUT2D eigenvalue weighted by molar-refractivity contribution is 5.88. The Morgan fingerprint density at radius 1 is 1.25 bits per heavy atom. The van der Waals surface area contributed by atoms with E-state index in [-0.39, 0.29) is 12.4 Å². The molecule has 104 valence electrons. The maximum Gasteiger partial charge on any atom is 0.339 e. The topological polar surface area (TPSA) is 48.4 Å². The fourth-order valence-electron chi connectivity index (χ4n) is 1.49. The number of ether oxygens (including phenoxy) is 2. The van der Waals surface area contributed by atoms with Gasteiger partial charge < -0.3 is 9.47 Å². The standard InChI is InChI=1S/C14H11F2NO3/c1-19-14(18)9-2-4-11(17-7-9)8-20-13-5-3-10(15)6-12(13)16/h2-7H,8H2,1H3. The van der Waals surface area contributed by atoms with Gasteiger partial charge in [0.1, 0.15) is 12.4 Å². The van der Waals surface area contributed by atoms with Crippen molar-refractivity contribution >= 4 is 5.97 Å². The summed E-state index contributed by atoms with van der Waals surface area (Å²) in [6.07, 6.45) is 1.34. The first kappa shape index (κ1) is 13.9. The number of rotatable bonds is 4. The molecule has 0 saturated carbocycles. The van der Waals surface area contributed by atoms with Crippen LogP contribution in [0.25, 0.3) is 0 Å². The first-order chi connectivity index (χ1) is 9.60. The Morgan fingerprint density at radius 3 is 2.65 bits per heavy atom. The molecular formula is C14H11F2NO3. The van der Waals surface area contributed by atoms with E-state index >= 15 is 0 Å². The van der Waals surface area contributed by atoms with Gasteiger partial charge in [0.2, 0.25) is 0 Å². The van der Waals surface area contributed by atoms with Gasteiger partial charge in [0.15, 0.2) is 11.6 Å². The van der Waals surface area contributed by atoms with Gasteiger partial charge in [-0.1, -0.05) is 0 Å². The molecule has 2 rings (SSSR count). The molecule has 0 aliphatic heterocycles. The van der Waals surface area contributed by atoms with Gasteiger partial charge >= 0.3 is 5.97 Å². The Hall–Kier alpha value is -2.50. The third-order valence-corrected chi connectivity index (χ3v) is 2.52. The number of nitrogens with zero attached hydrogens (tertiary/aromatic N) is 1. The number of aromatic nitrogens is 1. The number of methoxy groups -OCH3 is 1. The minimum atomic E-state index is -0.781. The van der Waals surface area contributed by atoms with Crippen LogP contribution in [-0.4, -0.2) is 18.1 Å². The molecule has 0 N–H and O–H groups in total. The molecule has 0 saturated heterocycles. The predicted molar refractivity (Wildman–Crippen MR) is 66.3 cm³/mol. The lowest BCUT2D eigenvalue weighted by atomic mass is 10.2. The molecule has 0 fully saturated rings. The van der Waals surface area contributed by atoms with Crippen molar-refractivity contribution in [2.45, 2.75) is 6.61 Å². The summed E-state index contributed by atoms with van der Waals surface area (Å²) in [6.45, 7) is 0.00397. The van der Waals surface area contributed by atoms with Crippen LogP contribution in [-0.2, 0) is 11.3 Å². The molecule has 4 nitrogen and oxygen atoms in total. The maximum absolute atomic E-state index is 13.3. The maximum atomic E-state index is 13.3. The Balaban J connectivity index is 2.02. The molecule has 0 radical (unpaired) electrons. The summed E-state index contributed by atoms with van der Waals surface area (Å²) in [5.74, 6) is -2.01. The van der Waals surface area contributed by atoms with Gasteiger partial charge in [-0.05, 0) is 24.3 Å². The number of halogens is 2. The zero-order chi connectivity index (χ0) is 14.5. The van der Waals surface area contributed by atoms with Crippen LogP contribution in [0.4, 0.5) is 8.78 Å². The number of benzene rings is 1. The van der Waals surface area contributed by atoms with E-state index in [2.05, 4.69) is 9.72 Å². The summed E-state index contributed by atoms with van der Waals surface area (Å²) < 4.78 is 35.8. The van der Waals surface area contributed by atoms with Crippen LogP contribution >= 0.6 is 0 Å². The Kier molecular flexibility index (Phi) is 4.24. The first-order valence-corrected chi connectivity index (χ1v) is 5.71. The fraction of sp³-hybridized carbons (Fsp3) is 0.143. The first-order valence-electron chi connectivity index (χ1n) is 5.71. The van der Waals surface area contributed by atoms with Crippen molar-refractivity contribution in [2.24, 2.45) is 0 Å². The van der Waals surface area contributed by atoms with Crippen LogP contribution < -0.4 is 4.74 Å². The highest BCUT2D eigenvalue weighted by Crippen LogP contribution is 2.18. The van der Waals surface area contributed by atoms with Gasteiger partial charge in [-0.2, -0.15) is 0 Å². The normalized spacial score (nSPS) is 10.2. The average molecular weight is 279 g/mol. The van der Waals surface area contributed by atoms with Crippen molar-refractivity contribution in [3.05, 3.63) is 59.4 Å². The summed E-state index contributed by atoms with van der Waals surface area (Å²) in [7, 11) is 1.27. The number of pyridine rings is 1. The van der Waals surface area contributed by atoms with E-state index in [4.69, 9.17) is 4.74 Å². The smallest absolute Gasteiger partial charge is 0.339 e. The molecule has 2 aromatic rings. The van der Waals surface area contributed by atoms with E-state index in [0.29, 0.717) is 11.3 Å². The minimum Gasteiger partial charge on any atom is -0.484 e. The van der Waals surface area contributed by atoms with E-state index in [9.17, 15) is 13.6 Å². The second-order valence-corrected chi connectivity index (χ2v) is 3.89. The van der Waals surface area contributed by atoms with Gasteiger partial charge in [-0.15, -0.1) is 0 Å². The Labute approximate surface area is 114 Å². The summed E-state index contributed by atoms with van der Waals surface area (Å²) in [6, 6.07) is 6.13. The second kappa shape index (κ2) is 6.10. The van der Waals surface area contributed by atoms with Gasteiger partial charge in [-0.25, -0.2) is 13.6 Å². The highest BCUT2D eigenvalue weighted by atomic mass is 19.1. The average Bonchev–Trinajstić information content (AvgIpc) is 2.46. The summed E-state index contributed by atoms with van der Waals surface area (Å²) >= 11 is 0. The second-order valence-electron chi connectivity index (χ2n) is 3.89. The van der Waals surface area contributed by atoms with Crippen LogP contribution in [0.3, 0.4) is 0 Å². The van der Waals surface area contributed by atoms with Crippen molar-refractivity contribution < 1.29 is 23.0 Å². The number of hydrogen-bond donors (Lipinski definition) is 0. The number of carbonyl (C=O) groups is 1. The Bertz CT molecular complexity index is 614. The largest absolute Gasteiger partial charge is 0.484 e. The third-order valence-electron chi connectivity index (χ3n) is 2.52. The molecule has 20 heavy (non-hydrogen) atoms. The zero-order valence-corrected chi connectivity index (χ0v) is 10.6. The summed E-state index contributed by atoms with van der Waals surface area (Å²) in [5.41, 5.74) is 0.811. The fourth-order valence-corrected chi connectivity index (χ4v) is 1.49. The minimum absolute atomic E-state index is 0.00397. The van der Waals surface area contributed by atoms with Crippen molar-refractivity contribution in [1.29, 1.82) is 0 Å². The van der Waals surface area contributed by atoms with Gasteiger partial charge in [0, 0.05) is 12.3 Å². The Morgan fingerprint density at radius 2 is 2.05 bits per heavy atom. The monoisotopic (exact) mass is 279 g/mol. The lowest BCUT2D eigenvalue weighted by Gasteiger charge is -2.07. The van der Waals surface area contributed by atoms with Crippen molar-refractivity contribution in [3.8, 4) is 5.75 Å². The highest BCUT2D eigenvalue weighted by Gasteiger charge is 2.08. The quantitative estimate of drug-likeness (QED) is 0.807. The number of esters is 1. The van der Waals surface area contributed by atoms with Crippen molar-refractivity contribution in [2.75, 3.05) is 7.11 Å². The van der Waals surface area contributed by atoms with Gasteiger partial charge in [0.25, 0.3) is 0 Å². The predicted octanol–water partition coefficient (Wildman–Crippen LogP) is 2.73. The molecule has 0 amide bonds.